The fourth-order valence-electron chi connectivity index (χ4n) is 5.12. The quantitative estimate of drug-likeness (QED) is 0.308. The molecule has 2 aromatic heterocycles. The third kappa shape index (κ3) is 5.53. The SMILES string of the molecule is CCc1nc2cc(Cl)ccn2c1C(O)NCc1ccc(N2CCC(Cc3ccccc3)CC2)cc1. The minimum Gasteiger partial charge on any atom is -0.373 e. The Kier molecular flexibility index (Phi) is 7.37. The van der Waals surface area contributed by atoms with Gasteiger partial charge < -0.3 is 10.0 Å². The number of aliphatic hydroxyl groups excluding tert-OH is 1. The number of nitrogens with one attached hydrogen (secondary N) is 1. The van der Waals surface area contributed by atoms with Crippen molar-refractivity contribution in [1.82, 2.24) is 14.7 Å². The predicted octanol–water partition coefficient (Wildman–Crippen LogP) is 5.79. The third-order valence-corrected chi connectivity index (χ3v) is 7.31. The van der Waals surface area contributed by atoms with E-state index in [0.717, 1.165) is 48.0 Å². The van der Waals surface area contributed by atoms with E-state index >= 15 is 0 Å². The number of benzene rings is 2. The number of nitrogens with zero attached hydrogens (tertiary/aromatic N) is 3. The number of anilines is 1. The Labute approximate surface area is 212 Å². The molecule has 3 heterocycles. The van der Waals surface area contributed by atoms with Gasteiger partial charge in [0, 0.05) is 42.6 Å². The molecule has 0 radical (unpaired) electrons. The van der Waals surface area contributed by atoms with Gasteiger partial charge in [-0.05, 0) is 60.9 Å². The van der Waals surface area contributed by atoms with Crippen LogP contribution in [-0.4, -0.2) is 27.6 Å². The van der Waals surface area contributed by atoms with E-state index in [1.54, 1.807) is 0 Å². The fourth-order valence-corrected chi connectivity index (χ4v) is 5.27. The third-order valence-electron chi connectivity index (χ3n) is 7.08. The lowest BCUT2D eigenvalue weighted by Crippen LogP contribution is -2.34. The molecule has 0 spiro atoms. The molecular formula is C29H33ClN4O. The summed E-state index contributed by atoms with van der Waals surface area (Å²) in [6, 6.07) is 23.2. The van der Waals surface area contributed by atoms with Crippen LogP contribution in [0.1, 0.15) is 48.5 Å². The summed E-state index contributed by atoms with van der Waals surface area (Å²) in [5.41, 5.74) is 6.26. The van der Waals surface area contributed by atoms with Gasteiger partial charge in [0.15, 0.2) is 0 Å². The summed E-state index contributed by atoms with van der Waals surface area (Å²) in [5, 5.41) is 14.8. The molecular weight excluding hydrogens is 456 g/mol. The van der Waals surface area contributed by atoms with Gasteiger partial charge in [0.25, 0.3) is 0 Å². The molecule has 0 amide bonds. The van der Waals surface area contributed by atoms with Crippen molar-refractivity contribution in [3.63, 3.8) is 0 Å². The summed E-state index contributed by atoms with van der Waals surface area (Å²) < 4.78 is 1.91. The average molecular weight is 489 g/mol. The highest BCUT2D eigenvalue weighted by atomic mass is 35.5. The molecule has 0 saturated carbocycles. The molecule has 2 N–H and O–H groups in total. The molecule has 1 atom stereocenters. The van der Waals surface area contributed by atoms with E-state index in [1.165, 1.54) is 30.5 Å². The molecule has 182 valence electrons. The second-order valence-corrected chi connectivity index (χ2v) is 9.88. The summed E-state index contributed by atoms with van der Waals surface area (Å²) >= 11 is 6.12. The van der Waals surface area contributed by atoms with E-state index in [9.17, 15) is 5.11 Å². The van der Waals surface area contributed by atoms with Crippen LogP contribution in [-0.2, 0) is 19.4 Å². The monoisotopic (exact) mass is 488 g/mol. The largest absolute Gasteiger partial charge is 0.373 e. The van der Waals surface area contributed by atoms with Crippen LogP contribution in [0.2, 0.25) is 5.02 Å². The van der Waals surface area contributed by atoms with Crippen molar-refractivity contribution in [1.29, 1.82) is 0 Å². The van der Waals surface area contributed by atoms with Crippen molar-refractivity contribution in [2.75, 3.05) is 18.0 Å². The molecule has 4 aromatic rings. The highest BCUT2D eigenvalue weighted by molar-refractivity contribution is 6.30. The normalized spacial score (nSPS) is 15.6. The lowest BCUT2D eigenvalue weighted by atomic mass is 9.90. The molecule has 5 nitrogen and oxygen atoms in total. The number of hydrogen-bond acceptors (Lipinski definition) is 4. The van der Waals surface area contributed by atoms with Crippen LogP contribution in [0, 0.1) is 5.92 Å². The van der Waals surface area contributed by atoms with Crippen molar-refractivity contribution in [3.05, 3.63) is 100 Å². The van der Waals surface area contributed by atoms with E-state index in [-0.39, 0.29) is 0 Å². The lowest BCUT2D eigenvalue weighted by molar-refractivity contribution is 0.130. The molecule has 0 bridgehead atoms. The van der Waals surface area contributed by atoms with Crippen molar-refractivity contribution >= 4 is 22.9 Å². The maximum absolute atomic E-state index is 10.9. The Morgan fingerprint density at radius 1 is 1.03 bits per heavy atom. The molecule has 1 unspecified atom stereocenters. The minimum atomic E-state index is -0.815. The number of fused-ring (bicyclic) bond motifs is 1. The van der Waals surface area contributed by atoms with Crippen molar-refractivity contribution < 1.29 is 5.11 Å². The molecule has 6 heteroatoms. The summed E-state index contributed by atoms with van der Waals surface area (Å²) in [4.78, 5) is 7.12. The summed E-state index contributed by atoms with van der Waals surface area (Å²) in [5.74, 6) is 0.766. The zero-order chi connectivity index (χ0) is 24.2. The van der Waals surface area contributed by atoms with Crippen LogP contribution in [0.15, 0.2) is 72.9 Å². The van der Waals surface area contributed by atoms with Crippen LogP contribution in [0.25, 0.3) is 5.65 Å². The van der Waals surface area contributed by atoms with E-state index in [1.807, 2.05) is 29.7 Å². The molecule has 0 aliphatic carbocycles. The second kappa shape index (κ2) is 10.8. The van der Waals surface area contributed by atoms with Gasteiger partial charge >= 0.3 is 0 Å². The first-order chi connectivity index (χ1) is 17.1. The van der Waals surface area contributed by atoms with E-state index in [4.69, 9.17) is 11.6 Å². The zero-order valence-electron chi connectivity index (χ0n) is 20.2. The Hall–Kier alpha value is -2.86. The summed E-state index contributed by atoms with van der Waals surface area (Å²) in [6.07, 6.45) is 5.43. The number of halogens is 1. The number of aryl methyl sites for hydroxylation is 1. The van der Waals surface area contributed by atoms with Crippen molar-refractivity contribution in [3.8, 4) is 0 Å². The molecule has 1 aliphatic heterocycles. The van der Waals surface area contributed by atoms with Gasteiger partial charge in [-0.1, -0.05) is 61.0 Å². The van der Waals surface area contributed by atoms with Crippen LogP contribution in [0.3, 0.4) is 0 Å². The van der Waals surface area contributed by atoms with Gasteiger partial charge in [-0.2, -0.15) is 0 Å². The molecule has 2 aromatic carbocycles. The minimum absolute atomic E-state index is 0.574. The number of hydrogen-bond donors (Lipinski definition) is 2. The Morgan fingerprint density at radius 3 is 2.49 bits per heavy atom. The first-order valence-corrected chi connectivity index (χ1v) is 12.9. The number of aliphatic hydroxyl groups is 1. The predicted molar refractivity (Wildman–Crippen MR) is 143 cm³/mol. The molecule has 35 heavy (non-hydrogen) atoms. The topological polar surface area (TPSA) is 52.8 Å². The fraction of sp³-hybridized carbons (Fsp3) is 0.345. The first kappa shape index (κ1) is 23.9. The standard InChI is InChI=1S/C29H33ClN4O/c1-2-26-28(34-17-14-24(30)19-27(34)32-26)29(35)31-20-23-8-10-25(11-9-23)33-15-12-22(13-16-33)18-21-6-4-3-5-7-21/h3-11,14,17,19,22,29,31,35H,2,12-13,15-16,18,20H2,1H3. The van der Waals surface area contributed by atoms with Gasteiger partial charge in [0.1, 0.15) is 11.9 Å². The molecule has 1 saturated heterocycles. The lowest BCUT2D eigenvalue weighted by Gasteiger charge is -2.34. The van der Waals surface area contributed by atoms with Crippen molar-refractivity contribution in [2.45, 2.75) is 45.4 Å². The van der Waals surface area contributed by atoms with Gasteiger partial charge in [0.05, 0.1) is 11.4 Å². The van der Waals surface area contributed by atoms with Crippen LogP contribution in [0.4, 0.5) is 5.69 Å². The zero-order valence-corrected chi connectivity index (χ0v) is 21.0. The number of imidazole rings is 1. The highest BCUT2D eigenvalue weighted by Crippen LogP contribution is 2.26. The highest BCUT2D eigenvalue weighted by Gasteiger charge is 2.21. The smallest absolute Gasteiger partial charge is 0.148 e. The second-order valence-electron chi connectivity index (χ2n) is 9.44. The average Bonchev–Trinajstić information content (AvgIpc) is 3.26. The van der Waals surface area contributed by atoms with E-state index in [0.29, 0.717) is 11.6 Å². The Morgan fingerprint density at radius 2 is 1.77 bits per heavy atom. The Bertz CT molecular complexity index is 1250. The molecule has 1 fully saturated rings. The number of pyridine rings is 1. The van der Waals surface area contributed by atoms with Gasteiger partial charge in [-0.25, -0.2) is 4.98 Å². The maximum Gasteiger partial charge on any atom is 0.148 e. The maximum atomic E-state index is 10.9. The van der Waals surface area contributed by atoms with Gasteiger partial charge in [-0.15, -0.1) is 0 Å². The van der Waals surface area contributed by atoms with E-state index in [2.05, 4.69) is 69.8 Å². The van der Waals surface area contributed by atoms with Crippen LogP contribution in [0.5, 0.6) is 0 Å². The van der Waals surface area contributed by atoms with Crippen LogP contribution >= 0.6 is 11.6 Å². The van der Waals surface area contributed by atoms with Crippen LogP contribution < -0.4 is 10.2 Å². The van der Waals surface area contributed by atoms with E-state index < -0.39 is 6.23 Å². The number of piperidine rings is 1. The summed E-state index contributed by atoms with van der Waals surface area (Å²) in [6.45, 7) is 4.82. The number of rotatable bonds is 8. The number of aromatic nitrogens is 2. The van der Waals surface area contributed by atoms with Gasteiger partial charge in [-0.3, -0.25) is 9.72 Å². The van der Waals surface area contributed by atoms with Gasteiger partial charge in [0.2, 0.25) is 0 Å². The van der Waals surface area contributed by atoms with Crippen molar-refractivity contribution in [2.24, 2.45) is 5.92 Å². The summed E-state index contributed by atoms with van der Waals surface area (Å²) in [7, 11) is 0. The molecule has 5 rings (SSSR count). The molecule has 1 aliphatic rings. The first-order valence-electron chi connectivity index (χ1n) is 12.6. The Balaban J connectivity index is 1.16.